The summed E-state index contributed by atoms with van der Waals surface area (Å²) >= 11 is 0. The zero-order valence-corrected chi connectivity index (χ0v) is 21.6. The third-order valence-electron chi connectivity index (χ3n) is 6.47. The second-order valence-electron chi connectivity index (χ2n) is 9.02. The number of benzene rings is 2. The van der Waals surface area contributed by atoms with Crippen LogP contribution >= 0.6 is 0 Å². The summed E-state index contributed by atoms with van der Waals surface area (Å²) in [4.78, 5) is 33.8. The fourth-order valence-electron chi connectivity index (χ4n) is 4.60. The van der Waals surface area contributed by atoms with E-state index in [2.05, 4.69) is 22.4 Å². The van der Waals surface area contributed by atoms with Gasteiger partial charge in [0, 0.05) is 23.7 Å². The highest BCUT2D eigenvalue weighted by atomic mass is 16.4. The van der Waals surface area contributed by atoms with E-state index < -0.39 is 0 Å². The van der Waals surface area contributed by atoms with Crippen molar-refractivity contribution >= 4 is 12.2 Å². The van der Waals surface area contributed by atoms with Crippen molar-refractivity contribution in [2.24, 2.45) is 5.16 Å². The molecule has 0 aliphatic heterocycles. The number of hydrogen-bond donors (Lipinski definition) is 2. The minimum atomic E-state index is -0.0739. The highest BCUT2D eigenvalue weighted by molar-refractivity contribution is 6.08. The number of hydrogen-bond acceptors (Lipinski definition) is 6. The van der Waals surface area contributed by atoms with Crippen LogP contribution in [0.5, 0.6) is 0 Å². The van der Waals surface area contributed by atoms with Crippen molar-refractivity contribution in [2.75, 3.05) is 0 Å². The van der Waals surface area contributed by atoms with Crippen molar-refractivity contribution < 1.29 is 10.0 Å². The summed E-state index contributed by atoms with van der Waals surface area (Å²) < 4.78 is 1.63. The van der Waals surface area contributed by atoms with Gasteiger partial charge in [-0.1, -0.05) is 73.5 Å². The number of nitrogens with one attached hydrogen (secondary N) is 1. The van der Waals surface area contributed by atoms with Crippen molar-refractivity contribution in [1.29, 1.82) is 0 Å². The van der Waals surface area contributed by atoms with Gasteiger partial charge < -0.3 is 10.5 Å². The van der Waals surface area contributed by atoms with Crippen LogP contribution < -0.4 is 10.9 Å². The Balaban J connectivity index is 1.71. The molecular weight excluding hydrogens is 478 g/mol. The fourth-order valence-corrected chi connectivity index (χ4v) is 4.60. The van der Waals surface area contributed by atoms with Crippen LogP contribution in [0.4, 0.5) is 0 Å². The molecule has 0 unspecified atom stereocenters. The average molecular weight is 510 g/mol. The van der Waals surface area contributed by atoms with E-state index in [1.807, 2.05) is 61.5 Å². The number of carbonyl (C=O) groups is 1. The normalized spacial score (nSPS) is 11.4. The maximum Gasteiger partial charge on any atom is 0.261 e. The number of amides is 1. The van der Waals surface area contributed by atoms with E-state index in [0.717, 1.165) is 48.1 Å². The SMILES string of the molecule is CCCCCc1nc(C)n(-c2cccnc2)c(=O)c1Cc1ccc(-c2ccccc2/C(=N/O)NC=O)cc1. The van der Waals surface area contributed by atoms with Crippen LogP contribution in [-0.4, -0.2) is 32.0 Å². The summed E-state index contributed by atoms with van der Waals surface area (Å²) in [5, 5.41) is 15.0. The summed E-state index contributed by atoms with van der Waals surface area (Å²) in [6.45, 7) is 4.02. The maximum absolute atomic E-state index is 13.8. The van der Waals surface area contributed by atoms with E-state index in [4.69, 9.17) is 4.98 Å². The summed E-state index contributed by atoms with van der Waals surface area (Å²) in [6, 6.07) is 18.9. The quantitative estimate of drug-likeness (QED) is 0.0796. The van der Waals surface area contributed by atoms with Gasteiger partial charge in [-0.05, 0) is 48.6 Å². The van der Waals surface area contributed by atoms with Gasteiger partial charge in [0.05, 0.1) is 17.6 Å². The van der Waals surface area contributed by atoms with E-state index in [0.29, 0.717) is 35.5 Å². The molecule has 2 N–H and O–H groups in total. The molecule has 4 rings (SSSR count). The third-order valence-corrected chi connectivity index (χ3v) is 6.47. The van der Waals surface area contributed by atoms with Gasteiger partial charge in [-0.15, -0.1) is 0 Å². The molecule has 0 aliphatic carbocycles. The first-order valence-electron chi connectivity index (χ1n) is 12.7. The number of nitrogens with zero attached hydrogens (tertiary/aromatic N) is 4. The highest BCUT2D eigenvalue weighted by Gasteiger charge is 2.17. The Labute approximate surface area is 221 Å². The molecule has 194 valence electrons. The molecule has 1 amide bonds. The van der Waals surface area contributed by atoms with E-state index in [9.17, 15) is 14.8 Å². The van der Waals surface area contributed by atoms with Gasteiger partial charge in [-0.25, -0.2) is 4.98 Å². The minimum Gasteiger partial charge on any atom is -0.409 e. The number of amidine groups is 1. The van der Waals surface area contributed by atoms with E-state index in [-0.39, 0.29) is 11.4 Å². The Morgan fingerprint density at radius 3 is 2.55 bits per heavy atom. The molecule has 8 nitrogen and oxygen atoms in total. The lowest BCUT2D eigenvalue weighted by Crippen LogP contribution is -2.28. The van der Waals surface area contributed by atoms with Gasteiger partial charge in [0.15, 0.2) is 5.84 Å². The molecule has 0 radical (unpaired) electrons. The molecule has 2 heterocycles. The van der Waals surface area contributed by atoms with Crippen LogP contribution in [0.25, 0.3) is 16.8 Å². The topological polar surface area (TPSA) is 109 Å². The number of carbonyl (C=O) groups excluding carboxylic acids is 1. The first-order valence-corrected chi connectivity index (χ1v) is 12.7. The predicted octanol–water partition coefficient (Wildman–Crippen LogP) is 4.81. The Morgan fingerprint density at radius 1 is 1.08 bits per heavy atom. The van der Waals surface area contributed by atoms with Crippen molar-refractivity contribution in [3.63, 3.8) is 0 Å². The molecule has 0 saturated carbocycles. The second-order valence-corrected chi connectivity index (χ2v) is 9.02. The van der Waals surface area contributed by atoms with Crippen LogP contribution in [-0.2, 0) is 17.6 Å². The highest BCUT2D eigenvalue weighted by Crippen LogP contribution is 2.25. The van der Waals surface area contributed by atoms with Gasteiger partial charge in [0.2, 0.25) is 6.41 Å². The number of oxime groups is 1. The molecular formula is C30H31N5O3. The standard InChI is InChI=1S/C30H31N5O3/c1-3-4-5-12-28-27(30(37)35(21(2)33-28)24-9-8-17-31-19-24)18-22-13-15-23(16-14-22)25-10-6-7-11-26(25)29(34-38)32-20-36/h6-11,13-17,19-20,38H,3-5,12,18H2,1-2H3,(H,32,34,36). The number of pyridine rings is 1. The van der Waals surface area contributed by atoms with Crippen molar-refractivity contribution in [2.45, 2.75) is 46.0 Å². The fraction of sp³-hybridized carbons (Fsp3) is 0.233. The zero-order valence-electron chi connectivity index (χ0n) is 21.6. The Kier molecular flexibility index (Phi) is 8.77. The molecule has 0 spiro atoms. The van der Waals surface area contributed by atoms with Crippen LogP contribution in [0.2, 0.25) is 0 Å². The molecule has 4 aromatic rings. The molecule has 0 fully saturated rings. The lowest BCUT2D eigenvalue weighted by atomic mass is 9.96. The molecule has 0 atom stereocenters. The maximum atomic E-state index is 13.8. The molecule has 8 heteroatoms. The van der Waals surface area contributed by atoms with Gasteiger partial charge >= 0.3 is 0 Å². The van der Waals surface area contributed by atoms with Crippen molar-refractivity contribution in [3.8, 4) is 16.8 Å². The predicted molar refractivity (Wildman–Crippen MR) is 148 cm³/mol. The lowest BCUT2D eigenvalue weighted by Gasteiger charge is -2.16. The van der Waals surface area contributed by atoms with E-state index in [1.54, 1.807) is 23.0 Å². The van der Waals surface area contributed by atoms with Gasteiger partial charge in [-0.2, -0.15) is 0 Å². The summed E-state index contributed by atoms with van der Waals surface area (Å²) in [6.07, 6.45) is 8.19. The van der Waals surface area contributed by atoms with Crippen LogP contribution in [0, 0.1) is 6.92 Å². The average Bonchev–Trinajstić information content (AvgIpc) is 2.95. The van der Waals surface area contributed by atoms with Crippen LogP contribution in [0.3, 0.4) is 0 Å². The Hall–Kier alpha value is -4.59. The van der Waals surface area contributed by atoms with Crippen molar-refractivity contribution in [3.05, 3.63) is 112 Å². The lowest BCUT2D eigenvalue weighted by molar-refractivity contribution is -0.108. The molecule has 2 aromatic heterocycles. The van der Waals surface area contributed by atoms with Gasteiger partial charge in [0.1, 0.15) is 5.82 Å². The van der Waals surface area contributed by atoms with Gasteiger partial charge in [0.25, 0.3) is 5.56 Å². The molecule has 0 saturated heterocycles. The summed E-state index contributed by atoms with van der Waals surface area (Å²) in [5.41, 5.74) is 5.42. The monoisotopic (exact) mass is 509 g/mol. The van der Waals surface area contributed by atoms with E-state index in [1.165, 1.54) is 0 Å². The van der Waals surface area contributed by atoms with E-state index >= 15 is 0 Å². The van der Waals surface area contributed by atoms with Gasteiger partial charge in [-0.3, -0.25) is 19.1 Å². The Morgan fingerprint density at radius 2 is 1.87 bits per heavy atom. The number of aryl methyl sites for hydroxylation is 2. The number of rotatable bonds is 10. The van der Waals surface area contributed by atoms with Crippen molar-refractivity contribution in [1.82, 2.24) is 19.9 Å². The molecule has 0 bridgehead atoms. The second kappa shape index (κ2) is 12.6. The zero-order chi connectivity index (χ0) is 26.9. The third kappa shape index (κ3) is 5.86. The first kappa shape index (κ1) is 26.5. The first-order chi connectivity index (χ1) is 18.6. The molecule has 2 aromatic carbocycles. The minimum absolute atomic E-state index is 0.0677. The largest absolute Gasteiger partial charge is 0.409 e. The summed E-state index contributed by atoms with van der Waals surface area (Å²) in [7, 11) is 0. The number of aromatic nitrogens is 3. The van der Waals surface area contributed by atoms with Crippen LogP contribution in [0.15, 0.2) is 83.0 Å². The summed E-state index contributed by atoms with van der Waals surface area (Å²) in [5.74, 6) is 0.716. The molecule has 0 aliphatic rings. The van der Waals surface area contributed by atoms with Crippen LogP contribution in [0.1, 0.15) is 54.4 Å². The molecule has 38 heavy (non-hydrogen) atoms. The Bertz CT molecular complexity index is 1480. The number of unbranched alkanes of at least 4 members (excludes halogenated alkanes) is 2. The smallest absolute Gasteiger partial charge is 0.261 e.